The Hall–Kier alpha value is -1.70. The van der Waals surface area contributed by atoms with Crippen LogP contribution in [-0.2, 0) is 4.79 Å². The third-order valence-electron chi connectivity index (χ3n) is 1.62. The maximum atomic E-state index is 11.0. The smallest absolute Gasteiger partial charge is 0.315 e. The highest BCUT2D eigenvalue weighted by Gasteiger charge is 2.27. The maximum Gasteiger partial charge on any atom is 0.315 e. The van der Waals surface area contributed by atoms with Crippen LogP contribution in [0.2, 0.25) is 0 Å². The number of amides is 2. The van der Waals surface area contributed by atoms with Gasteiger partial charge in [0.25, 0.3) is 0 Å². The summed E-state index contributed by atoms with van der Waals surface area (Å²) in [4.78, 5) is 21.6. The summed E-state index contributed by atoms with van der Waals surface area (Å²) in [7, 11) is 0. The van der Waals surface area contributed by atoms with Crippen LogP contribution < -0.4 is 10.6 Å². The third-order valence-corrected chi connectivity index (χ3v) is 1.62. The number of rotatable bonds is 4. The van der Waals surface area contributed by atoms with Gasteiger partial charge in [-0.3, -0.25) is 4.79 Å². The highest BCUT2D eigenvalue weighted by atomic mass is 16.4. The molecule has 0 aromatic carbocycles. The number of aliphatic carboxylic acids is 1. The van der Waals surface area contributed by atoms with Crippen molar-refractivity contribution in [2.24, 2.45) is 5.41 Å². The molecular formula is C9H14N2O3. The number of nitrogens with one attached hydrogen (secondary N) is 2. The van der Waals surface area contributed by atoms with Crippen molar-refractivity contribution in [1.29, 1.82) is 0 Å². The van der Waals surface area contributed by atoms with Gasteiger partial charge < -0.3 is 15.7 Å². The average Bonchev–Trinajstić information content (AvgIpc) is 2.11. The fourth-order valence-electron chi connectivity index (χ4n) is 0.571. The molecule has 0 unspecified atom stereocenters. The highest BCUT2D eigenvalue weighted by Crippen LogP contribution is 2.12. The van der Waals surface area contributed by atoms with E-state index in [-0.39, 0.29) is 13.1 Å². The first-order chi connectivity index (χ1) is 6.40. The fourth-order valence-corrected chi connectivity index (χ4v) is 0.571. The summed E-state index contributed by atoms with van der Waals surface area (Å²) in [6.45, 7) is 3.23. The van der Waals surface area contributed by atoms with Gasteiger partial charge in [-0.05, 0) is 13.8 Å². The summed E-state index contributed by atoms with van der Waals surface area (Å²) in [6, 6.07) is -0.461. The Morgan fingerprint density at radius 2 is 2.00 bits per heavy atom. The Kier molecular flexibility index (Phi) is 4.50. The van der Waals surface area contributed by atoms with E-state index >= 15 is 0 Å². The summed E-state index contributed by atoms with van der Waals surface area (Å²) in [6.07, 6.45) is 4.92. The van der Waals surface area contributed by atoms with E-state index in [0.29, 0.717) is 0 Å². The lowest BCUT2D eigenvalue weighted by Crippen LogP contribution is -2.43. The highest BCUT2D eigenvalue weighted by molar-refractivity contribution is 5.77. The van der Waals surface area contributed by atoms with E-state index in [1.54, 1.807) is 0 Å². The van der Waals surface area contributed by atoms with E-state index in [9.17, 15) is 9.59 Å². The molecule has 0 aliphatic rings. The normalized spacial score (nSPS) is 10.1. The molecule has 0 aromatic rings. The zero-order chi connectivity index (χ0) is 11.2. The van der Waals surface area contributed by atoms with Crippen LogP contribution in [0.3, 0.4) is 0 Å². The van der Waals surface area contributed by atoms with Gasteiger partial charge in [-0.1, -0.05) is 5.92 Å². The van der Waals surface area contributed by atoms with Crippen molar-refractivity contribution in [2.45, 2.75) is 13.8 Å². The van der Waals surface area contributed by atoms with Gasteiger partial charge in [0, 0.05) is 6.54 Å². The Balaban J connectivity index is 3.89. The van der Waals surface area contributed by atoms with E-state index in [4.69, 9.17) is 11.5 Å². The Bertz CT molecular complexity index is 266. The standard InChI is InChI=1S/C9H14N2O3/c1-4-5-10-8(14)11-6-9(2,3)7(12)13/h1H,5-6H2,2-3H3,(H,12,13)(H2,10,11,14). The van der Waals surface area contributed by atoms with E-state index in [0.717, 1.165) is 0 Å². The topological polar surface area (TPSA) is 78.4 Å². The lowest BCUT2D eigenvalue weighted by atomic mass is 9.94. The molecule has 0 fully saturated rings. The second kappa shape index (κ2) is 5.12. The summed E-state index contributed by atoms with van der Waals surface area (Å²) in [5, 5.41) is 13.5. The molecule has 0 aromatic heterocycles. The molecule has 0 heterocycles. The second-order valence-corrected chi connectivity index (χ2v) is 3.43. The largest absolute Gasteiger partial charge is 0.481 e. The molecule has 0 aliphatic carbocycles. The molecule has 0 atom stereocenters. The number of hydrogen-bond donors (Lipinski definition) is 3. The Morgan fingerprint density at radius 3 is 2.43 bits per heavy atom. The number of carboxylic acids is 1. The molecule has 5 heteroatoms. The average molecular weight is 198 g/mol. The van der Waals surface area contributed by atoms with Gasteiger partial charge in [0.2, 0.25) is 0 Å². The monoisotopic (exact) mass is 198 g/mol. The summed E-state index contributed by atoms with van der Waals surface area (Å²) in [5.41, 5.74) is -0.979. The van der Waals surface area contributed by atoms with Gasteiger partial charge in [-0.25, -0.2) is 4.79 Å². The zero-order valence-corrected chi connectivity index (χ0v) is 8.26. The SMILES string of the molecule is C#CCNC(=O)NCC(C)(C)C(=O)O. The molecule has 3 N–H and O–H groups in total. The first kappa shape index (κ1) is 12.3. The van der Waals surface area contributed by atoms with Crippen LogP contribution in [0.4, 0.5) is 4.79 Å². The van der Waals surface area contributed by atoms with Crippen molar-refractivity contribution in [3.63, 3.8) is 0 Å². The van der Waals surface area contributed by atoms with Crippen molar-refractivity contribution < 1.29 is 14.7 Å². The van der Waals surface area contributed by atoms with Crippen LogP contribution in [0, 0.1) is 17.8 Å². The number of carboxylic acid groups (broad SMARTS) is 1. The van der Waals surface area contributed by atoms with Crippen molar-refractivity contribution in [3.05, 3.63) is 0 Å². The molecule has 2 amide bonds. The minimum atomic E-state index is -0.979. The van der Waals surface area contributed by atoms with Crippen LogP contribution in [0.15, 0.2) is 0 Å². The van der Waals surface area contributed by atoms with Gasteiger partial charge >= 0.3 is 12.0 Å². The predicted octanol–water partition coefficient (Wildman–Crippen LogP) is 0.0296. The fraction of sp³-hybridized carbons (Fsp3) is 0.556. The van der Waals surface area contributed by atoms with Gasteiger partial charge in [0.15, 0.2) is 0 Å². The first-order valence-electron chi connectivity index (χ1n) is 4.08. The molecule has 0 saturated heterocycles. The van der Waals surface area contributed by atoms with Gasteiger partial charge in [0.05, 0.1) is 12.0 Å². The van der Waals surface area contributed by atoms with Crippen LogP contribution in [0.1, 0.15) is 13.8 Å². The van der Waals surface area contributed by atoms with Crippen molar-refractivity contribution >= 4 is 12.0 Å². The van der Waals surface area contributed by atoms with Gasteiger partial charge in [-0.2, -0.15) is 0 Å². The lowest BCUT2D eigenvalue weighted by Gasteiger charge is -2.19. The van der Waals surface area contributed by atoms with Gasteiger partial charge in [-0.15, -0.1) is 6.42 Å². The molecular weight excluding hydrogens is 184 g/mol. The third kappa shape index (κ3) is 4.36. The van der Waals surface area contributed by atoms with Gasteiger partial charge in [0.1, 0.15) is 0 Å². The number of hydrogen-bond acceptors (Lipinski definition) is 2. The summed E-state index contributed by atoms with van der Waals surface area (Å²) in [5.74, 6) is 1.27. The lowest BCUT2D eigenvalue weighted by molar-refractivity contribution is -0.146. The van der Waals surface area contributed by atoms with Crippen LogP contribution >= 0.6 is 0 Å². The Labute approximate surface area is 82.9 Å². The van der Waals surface area contributed by atoms with E-state index in [1.807, 2.05) is 0 Å². The number of urea groups is 1. The molecule has 0 saturated carbocycles. The summed E-state index contributed by atoms with van der Waals surface area (Å²) >= 11 is 0. The van der Waals surface area contributed by atoms with E-state index in [2.05, 4.69) is 16.6 Å². The van der Waals surface area contributed by atoms with Crippen LogP contribution in [0.5, 0.6) is 0 Å². The molecule has 0 radical (unpaired) electrons. The maximum absolute atomic E-state index is 11.0. The van der Waals surface area contributed by atoms with Crippen LogP contribution in [0.25, 0.3) is 0 Å². The molecule has 0 spiro atoms. The molecule has 0 bridgehead atoms. The zero-order valence-electron chi connectivity index (χ0n) is 8.26. The van der Waals surface area contributed by atoms with Crippen molar-refractivity contribution in [2.75, 3.05) is 13.1 Å². The molecule has 0 aliphatic heterocycles. The van der Waals surface area contributed by atoms with Crippen LogP contribution in [-0.4, -0.2) is 30.2 Å². The number of terminal acetylenes is 1. The van der Waals surface area contributed by atoms with Crippen molar-refractivity contribution in [1.82, 2.24) is 10.6 Å². The number of carbonyl (C=O) groups excluding carboxylic acids is 1. The second-order valence-electron chi connectivity index (χ2n) is 3.43. The minimum absolute atomic E-state index is 0.0543. The molecule has 0 rings (SSSR count). The molecule has 14 heavy (non-hydrogen) atoms. The molecule has 5 nitrogen and oxygen atoms in total. The van der Waals surface area contributed by atoms with Crippen molar-refractivity contribution in [3.8, 4) is 12.3 Å². The summed E-state index contributed by atoms with van der Waals surface area (Å²) < 4.78 is 0. The van der Waals surface area contributed by atoms with E-state index < -0.39 is 17.4 Å². The Morgan fingerprint density at radius 1 is 1.43 bits per heavy atom. The quantitative estimate of drug-likeness (QED) is 0.558. The van der Waals surface area contributed by atoms with E-state index in [1.165, 1.54) is 13.8 Å². The number of carbonyl (C=O) groups is 2. The predicted molar refractivity (Wildman–Crippen MR) is 51.7 cm³/mol. The first-order valence-corrected chi connectivity index (χ1v) is 4.08. The molecule has 78 valence electrons. The minimum Gasteiger partial charge on any atom is -0.481 e.